The van der Waals surface area contributed by atoms with E-state index in [1.54, 1.807) is 14.2 Å². The number of hydrogen-bond donors (Lipinski definition) is 0. The Bertz CT molecular complexity index is 362. The third kappa shape index (κ3) is 2.47. The molecular weight excluding hydrogens is 204 g/mol. The monoisotopic (exact) mass is 222 g/mol. The lowest BCUT2D eigenvalue weighted by Crippen LogP contribution is -1.97. The van der Waals surface area contributed by atoms with Crippen molar-refractivity contribution < 1.29 is 14.2 Å². The first kappa shape index (κ1) is 11.3. The highest BCUT2D eigenvalue weighted by Gasteiger charge is 2.33. The number of benzene rings is 1. The predicted octanol–water partition coefficient (Wildman–Crippen LogP) is 2.42. The summed E-state index contributed by atoms with van der Waals surface area (Å²) in [7, 11) is 3.37. The smallest absolute Gasteiger partial charge is 0.122 e. The Hall–Kier alpha value is -1.22. The lowest BCUT2D eigenvalue weighted by atomic mass is 10.1. The van der Waals surface area contributed by atoms with Crippen LogP contribution in [0.15, 0.2) is 18.2 Å². The molecule has 0 saturated carbocycles. The molecule has 1 saturated heterocycles. The average Bonchev–Trinajstić information content (AvgIpc) is 3.02. The van der Waals surface area contributed by atoms with Gasteiger partial charge in [-0.3, -0.25) is 0 Å². The zero-order valence-electron chi connectivity index (χ0n) is 10.0. The molecule has 2 rings (SSSR count). The number of epoxide rings is 1. The van der Waals surface area contributed by atoms with Crippen LogP contribution in [0, 0.1) is 0 Å². The van der Waals surface area contributed by atoms with Crippen molar-refractivity contribution in [3.8, 4) is 11.5 Å². The number of rotatable bonds is 5. The molecule has 3 heteroatoms. The van der Waals surface area contributed by atoms with Crippen molar-refractivity contribution in [2.75, 3.05) is 14.2 Å². The van der Waals surface area contributed by atoms with Crippen LogP contribution in [0.5, 0.6) is 11.5 Å². The van der Waals surface area contributed by atoms with E-state index < -0.39 is 0 Å². The topological polar surface area (TPSA) is 31.0 Å². The number of aryl methyl sites for hydroxylation is 1. The van der Waals surface area contributed by atoms with Crippen LogP contribution in [0.1, 0.15) is 18.9 Å². The molecule has 1 fully saturated rings. The molecule has 0 amide bonds. The van der Waals surface area contributed by atoms with E-state index in [-0.39, 0.29) is 0 Å². The molecule has 1 aromatic carbocycles. The molecule has 1 aliphatic rings. The van der Waals surface area contributed by atoms with Gasteiger partial charge in [-0.25, -0.2) is 0 Å². The van der Waals surface area contributed by atoms with Crippen LogP contribution < -0.4 is 9.47 Å². The molecule has 1 heterocycles. The highest BCUT2D eigenvalue weighted by Crippen LogP contribution is 2.30. The van der Waals surface area contributed by atoms with Gasteiger partial charge in [-0.05, 0) is 43.5 Å². The molecule has 1 aromatic rings. The molecule has 88 valence electrons. The van der Waals surface area contributed by atoms with Crippen LogP contribution in [0.4, 0.5) is 0 Å². The van der Waals surface area contributed by atoms with Crippen molar-refractivity contribution in [1.29, 1.82) is 0 Å². The van der Waals surface area contributed by atoms with E-state index in [2.05, 4.69) is 6.92 Å². The van der Waals surface area contributed by atoms with Gasteiger partial charge in [0.15, 0.2) is 0 Å². The normalized spacial score (nSPS) is 22.9. The van der Waals surface area contributed by atoms with Crippen molar-refractivity contribution in [2.24, 2.45) is 0 Å². The first-order valence-corrected chi connectivity index (χ1v) is 5.61. The minimum atomic E-state index is 0.427. The van der Waals surface area contributed by atoms with E-state index in [0.717, 1.165) is 24.3 Å². The molecule has 0 bridgehead atoms. The minimum Gasteiger partial charge on any atom is -0.497 e. The second-order valence-electron chi connectivity index (χ2n) is 4.10. The summed E-state index contributed by atoms with van der Waals surface area (Å²) in [6.07, 6.45) is 2.87. The van der Waals surface area contributed by atoms with Gasteiger partial charge >= 0.3 is 0 Å². The maximum Gasteiger partial charge on any atom is 0.122 e. The van der Waals surface area contributed by atoms with Crippen LogP contribution in [0.2, 0.25) is 0 Å². The van der Waals surface area contributed by atoms with Crippen molar-refractivity contribution >= 4 is 0 Å². The van der Waals surface area contributed by atoms with Crippen molar-refractivity contribution in [3.05, 3.63) is 23.8 Å². The summed E-state index contributed by atoms with van der Waals surface area (Å²) in [4.78, 5) is 0. The first-order valence-electron chi connectivity index (χ1n) is 5.61. The molecule has 0 spiro atoms. The first-order chi connectivity index (χ1) is 7.74. The lowest BCUT2D eigenvalue weighted by Gasteiger charge is -2.09. The van der Waals surface area contributed by atoms with E-state index in [1.807, 2.05) is 18.2 Å². The predicted molar refractivity (Wildman–Crippen MR) is 62.2 cm³/mol. The largest absolute Gasteiger partial charge is 0.497 e. The van der Waals surface area contributed by atoms with Crippen LogP contribution in [0.3, 0.4) is 0 Å². The molecule has 16 heavy (non-hydrogen) atoms. The Morgan fingerprint density at radius 3 is 2.56 bits per heavy atom. The van der Waals surface area contributed by atoms with Gasteiger partial charge < -0.3 is 14.2 Å². The SMILES string of the molecule is COc1ccc(OC)c(CCC2OC2C)c1. The van der Waals surface area contributed by atoms with Crippen molar-refractivity contribution in [1.82, 2.24) is 0 Å². The van der Waals surface area contributed by atoms with Crippen LogP contribution in [0.25, 0.3) is 0 Å². The summed E-state index contributed by atoms with van der Waals surface area (Å²) in [5, 5.41) is 0. The second-order valence-corrected chi connectivity index (χ2v) is 4.10. The lowest BCUT2D eigenvalue weighted by molar-refractivity contribution is 0.367. The Labute approximate surface area is 96.3 Å². The summed E-state index contributed by atoms with van der Waals surface area (Å²) in [6.45, 7) is 2.10. The van der Waals surface area contributed by atoms with Gasteiger partial charge in [0.25, 0.3) is 0 Å². The summed E-state index contributed by atoms with van der Waals surface area (Å²) < 4.78 is 15.9. The van der Waals surface area contributed by atoms with Gasteiger partial charge in [0.2, 0.25) is 0 Å². The highest BCUT2D eigenvalue weighted by molar-refractivity contribution is 5.40. The Balaban J connectivity index is 2.04. The fourth-order valence-corrected chi connectivity index (χ4v) is 1.91. The molecule has 0 aliphatic carbocycles. The number of hydrogen-bond acceptors (Lipinski definition) is 3. The van der Waals surface area contributed by atoms with Gasteiger partial charge in [-0.2, -0.15) is 0 Å². The zero-order valence-corrected chi connectivity index (χ0v) is 10.0. The average molecular weight is 222 g/mol. The number of ether oxygens (including phenoxy) is 3. The van der Waals surface area contributed by atoms with E-state index >= 15 is 0 Å². The molecule has 2 atom stereocenters. The van der Waals surface area contributed by atoms with Gasteiger partial charge in [0.1, 0.15) is 11.5 Å². The third-order valence-corrected chi connectivity index (χ3v) is 3.02. The van der Waals surface area contributed by atoms with Gasteiger partial charge in [-0.15, -0.1) is 0 Å². The standard InChI is InChI=1S/C13H18O3/c1-9-12(16-9)6-4-10-8-11(14-2)5-7-13(10)15-3/h5,7-9,12H,4,6H2,1-3H3. The second kappa shape index (κ2) is 4.74. The highest BCUT2D eigenvalue weighted by atomic mass is 16.6. The van der Waals surface area contributed by atoms with Crippen LogP contribution in [-0.2, 0) is 11.2 Å². The van der Waals surface area contributed by atoms with Gasteiger partial charge in [-0.1, -0.05) is 0 Å². The molecule has 3 nitrogen and oxygen atoms in total. The minimum absolute atomic E-state index is 0.427. The molecular formula is C13H18O3. The molecule has 1 aliphatic heterocycles. The fourth-order valence-electron chi connectivity index (χ4n) is 1.91. The molecule has 0 aromatic heterocycles. The maximum atomic E-state index is 5.40. The van der Waals surface area contributed by atoms with Gasteiger partial charge in [0.05, 0.1) is 26.4 Å². The van der Waals surface area contributed by atoms with E-state index in [9.17, 15) is 0 Å². The Morgan fingerprint density at radius 2 is 2.00 bits per heavy atom. The van der Waals surface area contributed by atoms with Crippen LogP contribution in [-0.4, -0.2) is 26.4 Å². The summed E-state index contributed by atoms with van der Waals surface area (Å²) in [5.74, 6) is 1.80. The third-order valence-electron chi connectivity index (χ3n) is 3.02. The summed E-state index contributed by atoms with van der Waals surface area (Å²) in [6, 6.07) is 5.90. The quantitative estimate of drug-likeness (QED) is 0.717. The van der Waals surface area contributed by atoms with E-state index in [0.29, 0.717) is 12.2 Å². The maximum absolute atomic E-state index is 5.40. The Kier molecular flexibility index (Phi) is 3.34. The van der Waals surface area contributed by atoms with E-state index in [4.69, 9.17) is 14.2 Å². The Morgan fingerprint density at radius 1 is 1.25 bits per heavy atom. The summed E-state index contributed by atoms with van der Waals surface area (Å²) >= 11 is 0. The molecule has 0 radical (unpaired) electrons. The molecule has 0 N–H and O–H groups in total. The van der Waals surface area contributed by atoms with E-state index in [1.165, 1.54) is 5.56 Å². The van der Waals surface area contributed by atoms with Crippen molar-refractivity contribution in [3.63, 3.8) is 0 Å². The molecule has 2 unspecified atom stereocenters. The number of methoxy groups -OCH3 is 2. The van der Waals surface area contributed by atoms with Crippen molar-refractivity contribution in [2.45, 2.75) is 32.0 Å². The van der Waals surface area contributed by atoms with Gasteiger partial charge in [0, 0.05) is 0 Å². The summed E-state index contributed by atoms with van der Waals surface area (Å²) in [5.41, 5.74) is 1.18. The fraction of sp³-hybridized carbons (Fsp3) is 0.538. The van der Waals surface area contributed by atoms with Crippen LogP contribution >= 0.6 is 0 Å². The zero-order chi connectivity index (χ0) is 11.5.